The van der Waals surface area contributed by atoms with E-state index in [-0.39, 0.29) is 18.0 Å². The van der Waals surface area contributed by atoms with Crippen LogP contribution < -0.4 is 5.73 Å². The number of rotatable bonds is 7. The lowest BCUT2D eigenvalue weighted by atomic mass is 10.1. The predicted molar refractivity (Wildman–Crippen MR) is 65.2 cm³/mol. The molecule has 0 saturated carbocycles. The van der Waals surface area contributed by atoms with Gasteiger partial charge in [0, 0.05) is 0 Å². The molecule has 0 aliphatic heterocycles. The van der Waals surface area contributed by atoms with Crippen molar-refractivity contribution in [3.05, 3.63) is 35.6 Å². The second-order valence-corrected chi connectivity index (χ2v) is 4.15. The molecular weight excluding hydrogens is 221 g/mol. The van der Waals surface area contributed by atoms with Gasteiger partial charge in [0.15, 0.2) is 0 Å². The third-order valence-corrected chi connectivity index (χ3v) is 2.27. The average Bonchev–Trinajstić information content (AvgIpc) is 2.29. The van der Waals surface area contributed by atoms with Crippen LogP contribution in [-0.4, -0.2) is 25.9 Å². The predicted octanol–water partition coefficient (Wildman–Crippen LogP) is 2.27. The maximum absolute atomic E-state index is 12.7. The molecule has 2 N–H and O–H groups in total. The van der Waals surface area contributed by atoms with Gasteiger partial charge >= 0.3 is 0 Å². The molecule has 0 fully saturated rings. The van der Waals surface area contributed by atoms with E-state index in [0.717, 1.165) is 5.56 Å². The highest BCUT2D eigenvalue weighted by molar-refractivity contribution is 5.19. The Hall–Kier alpha value is -0.970. The third kappa shape index (κ3) is 5.77. The minimum Gasteiger partial charge on any atom is -0.377 e. The number of benzene rings is 1. The zero-order valence-corrected chi connectivity index (χ0v) is 10.4. The van der Waals surface area contributed by atoms with Crippen LogP contribution in [0.2, 0.25) is 0 Å². The highest BCUT2D eigenvalue weighted by Gasteiger charge is 2.06. The van der Waals surface area contributed by atoms with E-state index in [0.29, 0.717) is 19.8 Å². The Bertz CT molecular complexity index is 314. The number of nitrogens with two attached hydrogens (primary N) is 1. The van der Waals surface area contributed by atoms with E-state index in [9.17, 15) is 4.39 Å². The monoisotopic (exact) mass is 241 g/mol. The van der Waals surface area contributed by atoms with Gasteiger partial charge in [-0.3, -0.25) is 0 Å². The first-order valence-corrected chi connectivity index (χ1v) is 5.80. The quantitative estimate of drug-likeness (QED) is 0.745. The van der Waals surface area contributed by atoms with Crippen molar-refractivity contribution in [3.8, 4) is 0 Å². The fraction of sp³-hybridized carbons (Fsp3) is 0.538. The summed E-state index contributed by atoms with van der Waals surface area (Å²) in [4.78, 5) is 0. The van der Waals surface area contributed by atoms with E-state index in [1.165, 1.54) is 12.1 Å². The first-order valence-electron chi connectivity index (χ1n) is 5.80. The Morgan fingerprint density at radius 2 is 1.82 bits per heavy atom. The van der Waals surface area contributed by atoms with Gasteiger partial charge in [0.2, 0.25) is 0 Å². The Labute approximate surface area is 102 Å². The zero-order valence-electron chi connectivity index (χ0n) is 10.4. The van der Waals surface area contributed by atoms with Gasteiger partial charge in [-0.1, -0.05) is 12.1 Å². The minimum absolute atomic E-state index is 0.212. The Morgan fingerprint density at radius 1 is 1.18 bits per heavy atom. The minimum atomic E-state index is -0.257. The Kier molecular flexibility index (Phi) is 6.11. The van der Waals surface area contributed by atoms with Crippen LogP contribution in [-0.2, 0) is 9.47 Å². The van der Waals surface area contributed by atoms with Gasteiger partial charge in [-0.25, -0.2) is 4.39 Å². The van der Waals surface area contributed by atoms with Crippen LogP contribution >= 0.6 is 0 Å². The van der Waals surface area contributed by atoms with Crippen molar-refractivity contribution in [2.75, 3.05) is 19.8 Å². The van der Waals surface area contributed by atoms with Crippen molar-refractivity contribution >= 4 is 0 Å². The van der Waals surface area contributed by atoms with Gasteiger partial charge in [-0.15, -0.1) is 0 Å². The molecule has 3 nitrogen and oxygen atoms in total. The topological polar surface area (TPSA) is 44.5 Å². The van der Waals surface area contributed by atoms with Gasteiger partial charge in [0.25, 0.3) is 0 Å². The highest BCUT2D eigenvalue weighted by Crippen LogP contribution is 2.11. The van der Waals surface area contributed by atoms with Crippen LogP contribution in [0.5, 0.6) is 0 Å². The highest BCUT2D eigenvalue weighted by atomic mass is 19.1. The second-order valence-electron chi connectivity index (χ2n) is 4.15. The molecule has 1 aromatic carbocycles. The summed E-state index contributed by atoms with van der Waals surface area (Å²) < 4.78 is 23.4. The van der Waals surface area contributed by atoms with Crippen LogP contribution in [0, 0.1) is 5.82 Å². The average molecular weight is 241 g/mol. The second kappa shape index (κ2) is 7.37. The molecule has 0 heterocycles. The van der Waals surface area contributed by atoms with Crippen LogP contribution in [0.15, 0.2) is 24.3 Å². The fourth-order valence-electron chi connectivity index (χ4n) is 1.36. The summed E-state index contributed by atoms with van der Waals surface area (Å²) in [6, 6.07) is 5.92. The number of halogens is 1. The first-order chi connectivity index (χ1) is 8.09. The van der Waals surface area contributed by atoms with E-state index in [1.54, 1.807) is 12.1 Å². The van der Waals surface area contributed by atoms with Crippen molar-refractivity contribution in [2.24, 2.45) is 5.73 Å². The summed E-state index contributed by atoms with van der Waals surface area (Å²) in [5, 5.41) is 0. The van der Waals surface area contributed by atoms with Crippen LogP contribution in [0.25, 0.3) is 0 Å². The van der Waals surface area contributed by atoms with Gasteiger partial charge in [-0.05, 0) is 31.5 Å². The standard InChI is InChI=1S/C13H20FNO2/c1-10(2)17-8-7-16-9-13(15)11-3-5-12(14)6-4-11/h3-6,10,13H,7-9,15H2,1-2H3. The summed E-state index contributed by atoms with van der Waals surface area (Å²) in [7, 11) is 0. The molecule has 1 atom stereocenters. The lowest BCUT2D eigenvalue weighted by Crippen LogP contribution is -2.19. The maximum atomic E-state index is 12.7. The van der Waals surface area contributed by atoms with E-state index in [4.69, 9.17) is 15.2 Å². The van der Waals surface area contributed by atoms with E-state index < -0.39 is 0 Å². The van der Waals surface area contributed by atoms with Crippen molar-refractivity contribution in [3.63, 3.8) is 0 Å². The van der Waals surface area contributed by atoms with Crippen LogP contribution in [0.1, 0.15) is 25.5 Å². The van der Waals surface area contributed by atoms with Crippen LogP contribution in [0.3, 0.4) is 0 Å². The van der Waals surface area contributed by atoms with Crippen molar-refractivity contribution in [2.45, 2.75) is 26.0 Å². The van der Waals surface area contributed by atoms with E-state index in [1.807, 2.05) is 13.8 Å². The molecule has 1 aromatic rings. The maximum Gasteiger partial charge on any atom is 0.123 e. The molecule has 4 heteroatoms. The van der Waals surface area contributed by atoms with Gasteiger partial charge in [0.1, 0.15) is 5.82 Å². The fourth-order valence-corrected chi connectivity index (χ4v) is 1.36. The number of ether oxygens (including phenoxy) is 2. The lowest BCUT2D eigenvalue weighted by molar-refractivity contribution is 0.0161. The molecular formula is C13H20FNO2. The normalized spacial score (nSPS) is 13.0. The van der Waals surface area contributed by atoms with Crippen molar-refractivity contribution < 1.29 is 13.9 Å². The van der Waals surface area contributed by atoms with Gasteiger partial charge in [0.05, 0.1) is 32.0 Å². The van der Waals surface area contributed by atoms with Gasteiger partial charge in [-0.2, -0.15) is 0 Å². The Morgan fingerprint density at radius 3 is 2.41 bits per heavy atom. The van der Waals surface area contributed by atoms with E-state index >= 15 is 0 Å². The van der Waals surface area contributed by atoms with Gasteiger partial charge < -0.3 is 15.2 Å². The number of hydrogen-bond donors (Lipinski definition) is 1. The SMILES string of the molecule is CC(C)OCCOCC(N)c1ccc(F)cc1. The van der Waals surface area contributed by atoms with Crippen molar-refractivity contribution in [1.29, 1.82) is 0 Å². The molecule has 0 bridgehead atoms. The first kappa shape index (κ1) is 14.1. The summed E-state index contributed by atoms with van der Waals surface area (Å²) >= 11 is 0. The largest absolute Gasteiger partial charge is 0.377 e. The summed E-state index contributed by atoms with van der Waals surface area (Å²) in [6.45, 7) is 5.45. The molecule has 1 rings (SSSR count). The molecule has 0 spiro atoms. The molecule has 0 amide bonds. The number of hydrogen-bond acceptors (Lipinski definition) is 3. The Balaban J connectivity index is 2.21. The molecule has 96 valence electrons. The van der Waals surface area contributed by atoms with Crippen molar-refractivity contribution in [1.82, 2.24) is 0 Å². The molecule has 0 aliphatic rings. The van der Waals surface area contributed by atoms with E-state index in [2.05, 4.69) is 0 Å². The molecule has 0 aromatic heterocycles. The smallest absolute Gasteiger partial charge is 0.123 e. The molecule has 0 aliphatic carbocycles. The third-order valence-electron chi connectivity index (χ3n) is 2.27. The summed E-state index contributed by atoms with van der Waals surface area (Å²) in [6.07, 6.45) is 0.212. The molecule has 1 unspecified atom stereocenters. The summed E-state index contributed by atoms with van der Waals surface area (Å²) in [5.74, 6) is -0.257. The summed E-state index contributed by atoms with van der Waals surface area (Å²) in [5.41, 5.74) is 6.77. The van der Waals surface area contributed by atoms with Crippen LogP contribution in [0.4, 0.5) is 4.39 Å². The lowest BCUT2D eigenvalue weighted by Gasteiger charge is -2.13. The molecule has 0 radical (unpaired) electrons. The molecule has 17 heavy (non-hydrogen) atoms. The zero-order chi connectivity index (χ0) is 12.7. The molecule has 0 saturated heterocycles.